The van der Waals surface area contributed by atoms with Gasteiger partial charge in [0.15, 0.2) is 46.5 Å². The summed E-state index contributed by atoms with van der Waals surface area (Å²) in [5.41, 5.74) is -11.8. The van der Waals surface area contributed by atoms with Crippen LogP contribution >= 0.6 is 0 Å². The summed E-state index contributed by atoms with van der Waals surface area (Å²) in [7, 11) is 0. The first-order valence-corrected chi connectivity index (χ1v) is 7.90. The predicted molar refractivity (Wildman–Crippen MR) is 76.0 cm³/mol. The van der Waals surface area contributed by atoms with Crippen LogP contribution in [0.5, 0.6) is 0 Å². The van der Waals surface area contributed by atoms with Crippen LogP contribution in [0.4, 0.5) is 61.5 Å². The average molecular weight is 482 g/mol. The van der Waals surface area contributed by atoms with E-state index in [1.807, 2.05) is 0 Å². The minimum atomic E-state index is -5.65. The lowest BCUT2D eigenvalue weighted by molar-refractivity contribution is -0.0236. The number of hydrogen-bond donors (Lipinski definition) is 0. The zero-order chi connectivity index (χ0) is 24.2. The molecular formula is C18F14. The van der Waals surface area contributed by atoms with E-state index in [1.165, 1.54) is 0 Å². The van der Waals surface area contributed by atoms with E-state index in [0.29, 0.717) is 0 Å². The average Bonchev–Trinajstić information content (AvgIpc) is 2.70. The third-order valence-corrected chi connectivity index (χ3v) is 4.92. The molecule has 0 radical (unpaired) electrons. The smallest absolute Gasteiger partial charge is 0.206 e. The maximum absolute atomic E-state index is 14.8. The monoisotopic (exact) mass is 482 g/mol. The van der Waals surface area contributed by atoms with Gasteiger partial charge in [0, 0.05) is 0 Å². The van der Waals surface area contributed by atoms with E-state index in [9.17, 15) is 61.5 Å². The van der Waals surface area contributed by atoms with Gasteiger partial charge in [0.2, 0.25) is 0 Å². The fourth-order valence-corrected chi connectivity index (χ4v) is 3.57. The molecule has 1 aliphatic rings. The van der Waals surface area contributed by atoms with Gasteiger partial charge in [-0.25, -0.2) is 43.9 Å². The van der Waals surface area contributed by atoms with Crippen LogP contribution in [0.25, 0.3) is 10.8 Å². The van der Waals surface area contributed by atoms with Gasteiger partial charge in [0.1, 0.15) is 11.6 Å². The van der Waals surface area contributed by atoms with Crippen molar-refractivity contribution in [2.24, 2.45) is 0 Å². The Morgan fingerprint density at radius 3 is 0.781 bits per heavy atom. The van der Waals surface area contributed by atoms with Crippen LogP contribution in [0.1, 0.15) is 22.3 Å². The van der Waals surface area contributed by atoms with Gasteiger partial charge in [-0.2, -0.15) is 17.6 Å². The van der Waals surface area contributed by atoms with Crippen LogP contribution in [0.3, 0.4) is 0 Å². The minimum Gasteiger partial charge on any atom is -0.206 e. The molecule has 0 bridgehead atoms. The highest BCUT2D eigenvalue weighted by Crippen LogP contribution is 2.58. The summed E-state index contributed by atoms with van der Waals surface area (Å²) in [5.74, 6) is -40.9. The molecule has 3 aromatic carbocycles. The van der Waals surface area contributed by atoms with Crippen molar-refractivity contribution in [3.63, 3.8) is 0 Å². The Labute approximate surface area is 165 Å². The first kappa shape index (κ1) is 22.1. The van der Waals surface area contributed by atoms with E-state index >= 15 is 0 Å². The molecule has 0 unspecified atom stereocenters. The van der Waals surface area contributed by atoms with Crippen molar-refractivity contribution >= 4 is 10.8 Å². The number of rotatable bonds is 0. The zero-order valence-electron chi connectivity index (χ0n) is 14.3. The Kier molecular flexibility index (Phi) is 4.33. The lowest BCUT2D eigenvalue weighted by Crippen LogP contribution is -2.39. The highest BCUT2D eigenvalue weighted by atomic mass is 19.3. The van der Waals surface area contributed by atoms with Crippen LogP contribution in [0.15, 0.2) is 0 Å². The summed E-state index contributed by atoms with van der Waals surface area (Å²) >= 11 is 0. The molecule has 0 saturated carbocycles. The van der Waals surface area contributed by atoms with Crippen molar-refractivity contribution in [1.29, 1.82) is 0 Å². The molecule has 1 aliphatic carbocycles. The summed E-state index contributed by atoms with van der Waals surface area (Å²) in [6, 6.07) is 0. The third kappa shape index (κ3) is 2.29. The molecule has 0 heterocycles. The van der Waals surface area contributed by atoms with E-state index in [1.54, 1.807) is 0 Å². The molecular weight excluding hydrogens is 482 g/mol. The lowest BCUT2D eigenvalue weighted by atomic mass is 9.77. The molecule has 170 valence electrons. The first-order valence-electron chi connectivity index (χ1n) is 7.90. The summed E-state index contributed by atoms with van der Waals surface area (Å²) in [5, 5.41) is -4.81. The molecule has 0 nitrogen and oxygen atoms in total. The Bertz CT molecular complexity index is 1270. The second-order valence-corrected chi connectivity index (χ2v) is 6.54. The molecule has 0 fully saturated rings. The SMILES string of the molecule is Fc1c(F)c(F)c2c(c1F)C(F)(F)c1c(c(F)c3c(F)c(F)c(F)c(F)c3c1F)C2(F)F. The van der Waals surface area contributed by atoms with E-state index < -0.39 is 103 Å². The Morgan fingerprint density at radius 1 is 0.281 bits per heavy atom. The van der Waals surface area contributed by atoms with Gasteiger partial charge < -0.3 is 0 Å². The van der Waals surface area contributed by atoms with Crippen molar-refractivity contribution in [3.8, 4) is 0 Å². The summed E-state index contributed by atoms with van der Waals surface area (Å²) in [6.07, 6.45) is 0. The number of fused-ring (bicyclic) bond motifs is 3. The third-order valence-electron chi connectivity index (χ3n) is 4.92. The second-order valence-electron chi connectivity index (χ2n) is 6.54. The highest BCUT2D eigenvalue weighted by molar-refractivity contribution is 5.88. The normalized spacial score (nSPS) is 16.3. The fourth-order valence-electron chi connectivity index (χ4n) is 3.57. The summed E-state index contributed by atoms with van der Waals surface area (Å²) in [4.78, 5) is 0. The largest absolute Gasteiger partial charge is 0.305 e. The van der Waals surface area contributed by atoms with Crippen LogP contribution in [-0.4, -0.2) is 0 Å². The van der Waals surface area contributed by atoms with Crippen molar-refractivity contribution < 1.29 is 61.5 Å². The molecule has 0 N–H and O–H groups in total. The van der Waals surface area contributed by atoms with Gasteiger partial charge in [-0.1, -0.05) is 0 Å². The molecule has 32 heavy (non-hydrogen) atoms. The van der Waals surface area contributed by atoms with Crippen LogP contribution in [0, 0.1) is 58.2 Å². The van der Waals surface area contributed by atoms with Crippen molar-refractivity contribution in [3.05, 3.63) is 80.4 Å². The molecule has 0 spiro atoms. The van der Waals surface area contributed by atoms with E-state index in [2.05, 4.69) is 0 Å². The number of halogens is 14. The minimum absolute atomic E-state index is 2.40. The standard InChI is InChI=1S/C18F14/c19-7-1-2(10(22)14(26)13(25)9(1)21)8(20)4-3(7)17(29,30)5-6(18(4,31)32)12(24)16(28)15(27)11(5)23. The van der Waals surface area contributed by atoms with Crippen LogP contribution in [0.2, 0.25) is 0 Å². The predicted octanol–water partition coefficient (Wildman–Crippen LogP) is 6.82. The molecule has 0 aromatic heterocycles. The van der Waals surface area contributed by atoms with Crippen molar-refractivity contribution in [2.45, 2.75) is 11.8 Å². The zero-order valence-corrected chi connectivity index (χ0v) is 14.3. The Hall–Kier alpha value is -3.06. The number of benzene rings is 3. The molecule has 14 heteroatoms. The fraction of sp³-hybridized carbons (Fsp3) is 0.111. The Balaban J connectivity index is 2.36. The maximum Gasteiger partial charge on any atom is 0.305 e. The molecule has 3 aromatic rings. The van der Waals surface area contributed by atoms with E-state index in [4.69, 9.17) is 0 Å². The molecule has 4 rings (SSSR count). The maximum atomic E-state index is 14.8. The van der Waals surface area contributed by atoms with E-state index in [0.717, 1.165) is 0 Å². The lowest BCUT2D eigenvalue weighted by Gasteiger charge is -2.35. The van der Waals surface area contributed by atoms with Crippen LogP contribution < -0.4 is 0 Å². The topological polar surface area (TPSA) is 0 Å². The van der Waals surface area contributed by atoms with Gasteiger partial charge in [-0.15, -0.1) is 0 Å². The summed E-state index contributed by atoms with van der Waals surface area (Å²) < 4.78 is 199. The van der Waals surface area contributed by atoms with Gasteiger partial charge in [-0.05, 0) is 0 Å². The van der Waals surface area contributed by atoms with Gasteiger partial charge in [-0.3, -0.25) is 0 Å². The van der Waals surface area contributed by atoms with Crippen molar-refractivity contribution in [1.82, 2.24) is 0 Å². The second kappa shape index (κ2) is 6.25. The number of alkyl halides is 4. The highest BCUT2D eigenvalue weighted by Gasteiger charge is 2.61. The Morgan fingerprint density at radius 2 is 0.500 bits per heavy atom. The van der Waals surface area contributed by atoms with E-state index in [-0.39, 0.29) is 0 Å². The molecule has 0 atom stereocenters. The first-order chi connectivity index (χ1) is 14.6. The molecule has 0 amide bonds. The summed E-state index contributed by atoms with van der Waals surface area (Å²) in [6.45, 7) is 0. The molecule has 0 saturated heterocycles. The van der Waals surface area contributed by atoms with Gasteiger partial charge >= 0.3 is 11.8 Å². The van der Waals surface area contributed by atoms with Gasteiger partial charge in [0.05, 0.1) is 33.0 Å². The van der Waals surface area contributed by atoms with Crippen molar-refractivity contribution in [2.75, 3.05) is 0 Å². The molecule has 0 aliphatic heterocycles. The van der Waals surface area contributed by atoms with Gasteiger partial charge in [0.25, 0.3) is 0 Å². The quantitative estimate of drug-likeness (QED) is 0.187. The van der Waals surface area contributed by atoms with Crippen LogP contribution in [-0.2, 0) is 11.8 Å². The number of hydrogen-bond acceptors (Lipinski definition) is 0.